The molecule has 0 radical (unpaired) electrons. The van der Waals surface area contributed by atoms with Gasteiger partial charge in [0.15, 0.2) is 0 Å². The molecule has 1 aliphatic heterocycles. The summed E-state index contributed by atoms with van der Waals surface area (Å²) in [5.41, 5.74) is 2.49. The molecule has 0 spiro atoms. The third-order valence-corrected chi connectivity index (χ3v) is 5.84. The molecule has 0 amide bonds. The Kier molecular flexibility index (Phi) is 6.51. The van der Waals surface area contributed by atoms with Crippen molar-refractivity contribution in [1.82, 2.24) is 4.90 Å². The first-order valence-corrected chi connectivity index (χ1v) is 10.1. The van der Waals surface area contributed by atoms with Crippen LogP contribution < -0.4 is 4.74 Å². The Labute approximate surface area is 163 Å². The average Bonchev–Trinajstić information content (AvgIpc) is 2.67. The Hall–Kier alpha value is -1.63. The minimum atomic E-state index is -0.479. The van der Waals surface area contributed by atoms with Crippen LogP contribution in [0.3, 0.4) is 0 Å². The van der Waals surface area contributed by atoms with Crippen LogP contribution >= 0.6 is 24.0 Å². The molecule has 3 nitrogen and oxygen atoms in total. The monoisotopic (exact) mass is 391 g/mol. The maximum atomic E-state index is 14.0. The summed E-state index contributed by atoms with van der Waals surface area (Å²) in [7, 11) is 0. The number of benzene rings is 2. The van der Waals surface area contributed by atoms with Gasteiger partial charge in [0.25, 0.3) is 0 Å². The summed E-state index contributed by atoms with van der Waals surface area (Å²) < 4.78 is 26.7. The fourth-order valence-electron chi connectivity index (χ4n) is 2.87. The number of hydrogen-bond acceptors (Lipinski definition) is 4. The van der Waals surface area contributed by atoms with E-state index in [2.05, 4.69) is 18.7 Å². The number of hydrogen-bond donors (Lipinski definition) is 0. The van der Waals surface area contributed by atoms with Crippen molar-refractivity contribution < 1.29 is 13.9 Å². The SMILES string of the molecule is CCN(CC)C(=S)SCc1cc(F)cc2c1O[C@@H](c1ccccc1)OC2. The first-order valence-electron chi connectivity index (χ1n) is 8.68. The second-order valence-electron chi connectivity index (χ2n) is 5.95. The highest BCUT2D eigenvalue weighted by Crippen LogP contribution is 2.38. The minimum Gasteiger partial charge on any atom is -0.460 e. The summed E-state index contributed by atoms with van der Waals surface area (Å²) in [6, 6.07) is 12.8. The van der Waals surface area contributed by atoms with Crippen LogP contribution in [0.4, 0.5) is 4.39 Å². The summed E-state index contributed by atoms with van der Waals surface area (Å²) in [6.45, 7) is 6.20. The van der Waals surface area contributed by atoms with E-state index in [0.717, 1.165) is 34.1 Å². The van der Waals surface area contributed by atoms with Crippen molar-refractivity contribution in [2.75, 3.05) is 13.1 Å². The van der Waals surface area contributed by atoms with Crippen LogP contribution in [0.15, 0.2) is 42.5 Å². The zero-order valence-corrected chi connectivity index (χ0v) is 16.5. The van der Waals surface area contributed by atoms with Crippen molar-refractivity contribution in [1.29, 1.82) is 0 Å². The van der Waals surface area contributed by atoms with Gasteiger partial charge >= 0.3 is 0 Å². The molecule has 0 unspecified atom stereocenters. The Morgan fingerprint density at radius 3 is 2.65 bits per heavy atom. The first-order chi connectivity index (χ1) is 12.6. The van der Waals surface area contributed by atoms with E-state index < -0.39 is 6.29 Å². The zero-order chi connectivity index (χ0) is 18.5. The fourth-order valence-corrected chi connectivity index (χ4v) is 4.24. The van der Waals surface area contributed by atoms with E-state index in [1.165, 1.54) is 23.9 Å². The highest BCUT2D eigenvalue weighted by atomic mass is 32.2. The van der Waals surface area contributed by atoms with Gasteiger partial charge in [-0.15, -0.1) is 0 Å². The lowest BCUT2D eigenvalue weighted by molar-refractivity contribution is -0.112. The number of nitrogens with zero attached hydrogens (tertiary/aromatic N) is 1. The van der Waals surface area contributed by atoms with Gasteiger partial charge in [-0.3, -0.25) is 0 Å². The first kappa shape index (κ1) is 19.1. The third kappa shape index (κ3) is 4.37. The quantitative estimate of drug-likeness (QED) is 0.644. The van der Waals surface area contributed by atoms with Crippen molar-refractivity contribution >= 4 is 28.3 Å². The average molecular weight is 392 g/mol. The predicted octanol–water partition coefficient (Wildman–Crippen LogP) is 5.29. The van der Waals surface area contributed by atoms with Gasteiger partial charge in [-0.1, -0.05) is 54.3 Å². The molecule has 3 rings (SSSR count). The molecule has 0 saturated heterocycles. The topological polar surface area (TPSA) is 21.7 Å². The second kappa shape index (κ2) is 8.84. The number of ether oxygens (including phenoxy) is 2. The molecule has 6 heteroatoms. The van der Waals surface area contributed by atoms with Gasteiger partial charge < -0.3 is 14.4 Å². The fraction of sp³-hybridized carbons (Fsp3) is 0.350. The molecule has 26 heavy (non-hydrogen) atoms. The Balaban J connectivity index is 1.79. The van der Waals surface area contributed by atoms with Gasteiger partial charge in [0.1, 0.15) is 15.9 Å². The molecular formula is C20H22FNO2S2. The van der Waals surface area contributed by atoms with E-state index in [1.54, 1.807) is 0 Å². The lowest BCUT2D eigenvalue weighted by atomic mass is 10.1. The van der Waals surface area contributed by atoms with Gasteiger partial charge in [-0.2, -0.15) is 0 Å². The van der Waals surface area contributed by atoms with Gasteiger partial charge in [0, 0.05) is 35.5 Å². The maximum absolute atomic E-state index is 14.0. The molecule has 1 atom stereocenters. The van der Waals surface area contributed by atoms with Crippen molar-refractivity contribution in [3.63, 3.8) is 0 Å². The summed E-state index contributed by atoms with van der Waals surface area (Å²) >= 11 is 7.03. The predicted molar refractivity (Wildman–Crippen MR) is 108 cm³/mol. The number of fused-ring (bicyclic) bond motifs is 1. The van der Waals surface area contributed by atoms with Gasteiger partial charge in [-0.25, -0.2) is 4.39 Å². The molecule has 0 bridgehead atoms. The van der Waals surface area contributed by atoms with Crippen molar-refractivity contribution in [3.05, 3.63) is 65.0 Å². The van der Waals surface area contributed by atoms with Crippen LogP contribution in [0, 0.1) is 5.82 Å². The maximum Gasteiger partial charge on any atom is 0.227 e. The molecule has 0 saturated carbocycles. The van der Waals surface area contributed by atoms with Crippen LogP contribution in [0.2, 0.25) is 0 Å². The minimum absolute atomic E-state index is 0.279. The summed E-state index contributed by atoms with van der Waals surface area (Å²) in [6.07, 6.45) is -0.479. The third-order valence-electron chi connectivity index (χ3n) is 4.27. The number of rotatable bonds is 5. The normalized spacial score (nSPS) is 15.9. The Bertz CT molecular complexity index is 766. The van der Waals surface area contributed by atoms with Crippen LogP contribution in [-0.4, -0.2) is 22.3 Å². The molecule has 0 aliphatic carbocycles. The largest absolute Gasteiger partial charge is 0.460 e. The summed E-state index contributed by atoms with van der Waals surface area (Å²) in [5, 5.41) is 0. The van der Waals surface area contributed by atoms with E-state index in [9.17, 15) is 4.39 Å². The Morgan fingerprint density at radius 2 is 1.96 bits per heavy atom. The smallest absolute Gasteiger partial charge is 0.227 e. The molecule has 2 aromatic rings. The highest BCUT2D eigenvalue weighted by molar-refractivity contribution is 8.22. The number of halogens is 1. The standard InChI is InChI=1S/C20H22FNO2S2/c1-3-22(4-2)20(25)26-13-16-11-17(21)10-15-12-23-19(24-18(15)16)14-8-6-5-7-9-14/h5-11,19H,3-4,12-13H2,1-2H3/t19-/m0/s1. The number of thioether (sulfide) groups is 1. The van der Waals surface area contributed by atoms with E-state index in [-0.39, 0.29) is 5.82 Å². The van der Waals surface area contributed by atoms with E-state index >= 15 is 0 Å². The lowest BCUT2D eigenvalue weighted by Gasteiger charge is -2.29. The summed E-state index contributed by atoms with van der Waals surface area (Å²) in [5.74, 6) is 0.997. The van der Waals surface area contributed by atoms with Crippen molar-refractivity contribution in [2.24, 2.45) is 0 Å². The second-order valence-corrected chi connectivity index (χ2v) is 7.56. The molecular weight excluding hydrogens is 369 g/mol. The van der Waals surface area contributed by atoms with E-state index in [4.69, 9.17) is 21.7 Å². The van der Waals surface area contributed by atoms with Gasteiger partial charge in [0.05, 0.1) is 6.61 Å². The van der Waals surface area contributed by atoms with E-state index in [0.29, 0.717) is 18.1 Å². The lowest BCUT2D eigenvalue weighted by Crippen LogP contribution is -2.26. The van der Waals surface area contributed by atoms with Crippen molar-refractivity contribution in [3.8, 4) is 5.75 Å². The van der Waals surface area contributed by atoms with Crippen LogP contribution in [0.5, 0.6) is 5.75 Å². The number of thiocarbonyl (C=S) groups is 1. The molecule has 138 valence electrons. The molecule has 1 aliphatic rings. The Morgan fingerprint density at radius 1 is 1.23 bits per heavy atom. The van der Waals surface area contributed by atoms with Crippen LogP contribution in [0.25, 0.3) is 0 Å². The van der Waals surface area contributed by atoms with E-state index in [1.807, 2.05) is 30.3 Å². The highest BCUT2D eigenvalue weighted by Gasteiger charge is 2.25. The molecule has 0 fully saturated rings. The summed E-state index contributed by atoms with van der Waals surface area (Å²) in [4.78, 5) is 2.11. The molecule has 0 N–H and O–H groups in total. The van der Waals surface area contributed by atoms with Crippen molar-refractivity contribution in [2.45, 2.75) is 32.5 Å². The molecule has 2 aromatic carbocycles. The van der Waals surface area contributed by atoms with Crippen LogP contribution in [0.1, 0.15) is 36.8 Å². The molecule has 0 aromatic heterocycles. The van der Waals surface area contributed by atoms with Gasteiger partial charge in [0.2, 0.25) is 6.29 Å². The van der Waals surface area contributed by atoms with Gasteiger partial charge in [-0.05, 0) is 26.0 Å². The molecule has 1 heterocycles. The van der Waals surface area contributed by atoms with Crippen LogP contribution in [-0.2, 0) is 17.1 Å². The zero-order valence-electron chi connectivity index (χ0n) is 14.9.